The Bertz CT molecular complexity index is 911. The van der Waals surface area contributed by atoms with Crippen LogP contribution in [0.15, 0.2) is 47.5 Å². The number of carbonyl (C=O) groups excluding carboxylic acids is 1. The fourth-order valence-electron chi connectivity index (χ4n) is 2.68. The number of rotatable bonds is 6. The molecule has 1 aliphatic rings. The van der Waals surface area contributed by atoms with Crippen molar-refractivity contribution in [1.82, 2.24) is 0 Å². The SMILES string of the molecule is COc1cc(/C=C/C(=O)c2ccc(NC3=NCCCS3)cc2)cc(Cl)c1OC. The van der Waals surface area contributed by atoms with Crippen molar-refractivity contribution in [3.8, 4) is 11.5 Å². The molecular weight excluding hydrogens is 396 g/mol. The number of thioether (sulfide) groups is 1. The number of hydrogen-bond donors (Lipinski definition) is 1. The lowest BCUT2D eigenvalue weighted by atomic mass is 10.1. The molecule has 0 saturated carbocycles. The third-order valence-electron chi connectivity index (χ3n) is 4.10. The summed E-state index contributed by atoms with van der Waals surface area (Å²) in [6.45, 7) is 0.858. The quantitative estimate of drug-likeness (QED) is 0.520. The summed E-state index contributed by atoms with van der Waals surface area (Å²) in [5, 5.41) is 4.63. The van der Waals surface area contributed by atoms with Gasteiger partial charge < -0.3 is 14.8 Å². The van der Waals surface area contributed by atoms with Crippen molar-refractivity contribution in [2.45, 2.75) is 6.42 Å². The smallest absolute Gasteiger partial charge is 0.185 e. The number of halogens is 1. The minimum absolute atomic E-state index is 0.0955. The highest BCUT2D eigenvalue weighted by atomic mass is 35.5. The van der Waals surface area contributed by atoms with Gasteiger partial charge in [-0.1, -0.05) is 29.4 Å². The maximum absolute atomic E-state index is 12.5. The largest absolute Gasteiger partial charge is 0.493 e. The maximum Gasteiger partial charge on any atom is 0.185 e. The van der Waals surface area contributed by atoms with Crippen LogP contribution >= 0.6 is 23.4 Å². The van der Waals surface area contributed by atoms with Crippen LogP contribution < -0.4 is 14.8 Å². The summed E-state index contributed by atoms with van der Waals surface area (Å²) in [5.74, 6) is 1.97. The van der Waals surface area contributed by atoms with E-state index in [1.54, 1.807) is 49.2 Å². The molecule has 0 fully saturated rings. The molecule has 1 aliphatic heterocycles. The number of hydrogen-bond acceptors (Lipinski definition) is 6. The molecule has 0 saturated heterocycles. The van der Waals surface area contributed by atoms with Gasteiger partial charge in [-0.05, 0) is 54.5 Å². The standard InChI is InChI=1S/C21H21ClN2O3S/c1-26-19-13-14(12-17(22)20(19)27-2)4-9-18(25)15-5-7-16(8-6-15)24-21-23-10-3-11-28-21/h4-9,12-13H,3,10-11H2,1-2H3,(H,23,24)/b9-4+. The highest BCUT2D eigenvalue weighted by Crippen LogP contribution is 2.36. The van der Waals surface area contributed by atoms with Gasteiger partial charge in [0.05, 0.1) is 19.2 Å². The molecule has 1 heterocycles. The first-order chi connectivity index (χ1) is 13.6. The van der Waals surface area contributed by atoms with Gasteiger partial charge in [0.2, 0.25) is 0 Å². The second-order valence-electron chi connectivity index (χ2n) is 6.03. The highest BCUT2D eigenvalue weighted by molar-refractivity contribution is 8.14. The van der Waals surface area contributed by atoms with E-state index in [9.17, 15) is 4.79 Å². The van der Waals surface area contributed by atoms with Crippen molar-refractivity contribution < 1.29 is 14.3 Å². The molecular formula is C21H21ClN2O3S. The summed E-state index contributed by atoms with van der Waals surface area (Å²) in [4.78, 5) is 16.9. The van der Waals surface area contributed by atoms with Crippen molar-refractivity contribution in [2.24, 2.45) is 4.99 Å². The number of anilines is 1. The number of methoxy groups -OCH3 is 2. The van der Waals surface area contributed by atoms with Crippen LogP contribution in [0.2, 0.25) is 5.02 Å². The second-order valence-corrected chi connectivity index (χ2v) is 7.52. The average molecular weight is 417 g/mol. The van der Waals surface area contributed by atoms with Crippen LogP contribution in [0.5, 0.6) is 11.5 Å². The average Bonchev–Trinajstić information content (AvgIpc) is 2.72. The Kier molecular flexibility index (Phi) is 7.01. The van der Waals surface area contributed by atoms with Gasteiger partial charge in [-0.2, -0.15) is 0 Å². The number of ketones is 1. The molecule has 0 spiro atoms. The monoisotopic (exact) mass is 416 g/mol. The lowest BCUT2D eigenvalue weighted by molar-refractivity contribution is 0.104. The number of allylic oxidation sites excluding steroid dienone is 1. The Labute approximate surface area is 173 Å². The molecule has 2 aromatic rings. The van der Waals surface area contributed by atoms with E-state index in [0.29, 0.717) is 22.1 Å². The summed E-state index contributed by atoms with van der Waals surface area (Å²) < 4.78 is 10.5. The van der Waals surface area contributed by atoms with Gasteiger partial charge in [0.1, 0.15) is 0 Å². The lowest BCUT2D eigenvalue weighted by Gasteiger charge is -2.13. The Morgan fingerprint density at radius 1 is 1.21 bits per heavy atom. The Morgan fingerprint density at radius 2 is 2.00 bits per heavy atom. The number of carbonyl (C=O) groups is 1. The van der Waals surface area contributed by atoms with Crippen LogP contribution in [0.1, 0.15) is 22.3 Å². The van der Waals surface area contributed by atoms with E-state index in [4.69, 9.17) is 21.1 Å². The number of amidine groups is 1. The number of nitrogens with one attached hydrogen (secondary N) is 1. The van der Waals surface area contributed by atoms with Gasteiger partial charge in [0, 0.05) is 23.5 Å². The molecule has 0 bridgehead atoms. The molecule has 0 atom stereocenters. The fourth-order valence-corrected chi connectivity index (χ4v) is 3.81. The van der Waals surface area contributed by atoms with Crippen molar-refractivity contribution >= 4 is 46.1 Å². The zero-order valence-corrected chi connectivity index (χ0v) is 17.3. The first-order valence-corrected chi connectivity index (χ1v) is 10.2. The Morgan fingerprint density at radius 3 is 2.64 bits per heavy atom. The van der Waals surface area contributed by atoms with Crippen LogP contribution in [0.4, 0.5) is 5.69 Å². The first-order valence-electron chi connectivity index (χ1n) is 8.79. The van der Waals surface area contributed by atoms with E-state index >= 15 is 0 Å². The molecule has 5 nitrogen and oxygen atoms in total. The van der Waals surface area contributed by atoms with Crippen LogP contribution in [0, 0.1) is 0 Å². The molecule has 28 heavy (non-hydrogen) atoms. The second kappa shape index (κ2) is 9.66. The van der Waals surface area contributed by atoms with Gasteiger partial charge >= 0.3 is 0 Å². The number of aliphatic imine (C=N–C) groups is 1. The maximum atomic E-state index is 12.5. The third-order valence-corrected chi connectivity index (χ3v) is 5.38. The molecule has 3 rings (SSSR count). The minimum Gasteiger partial charge on any atom is -0.493 e. The summed E-state index contributed by atoms with van der Waals surface area (Å²) >= 11 is 7.91. The van der Waals surface area contributed by atoms with E-state index in [1.807, 2.05) is 12.1 Å². The minimum atomic E-state index is -0.0955. The molecule has 0 aliphatic carbocycles. The molecule has 0 unspecified atom stereocenters. The molecule has 146 valence electrons. The lowest BCUT2D eigenvalue weighted by Crippen LogP contribution is -2.13. The normalized spacial score (nSPS) is 13.9. The van der Waals surface area contributed by atoms with Crippen molar-refractivity contribution in [3.63, 3.8) is 0 Å². The van der Waals surface area contributed by atoms with E-state index in [-0.39, 0.29) is 5.78 Å². The summed E-state index contributed by atoms with van der Waals surface area (Å²) in [6.07, 6.45) is 4.33. The fraction of sp³-hybridized carbons (Fsp3) is 0.238. The van der Waals surface area contributed by atoms with Crippen molar-refractivity contribution in [1.29, 1.82) is 0 Å². The molecule has 7 heteroatoms. The van der Waals surface area contributed by atoms with E-state index < -0.39 is 0 Å². The first kappa shape index (κ1) is 20.3. The topological polar surface area (TPSA) is 59.9 Å². The van der Waals surface area contributed by atoms with Crippen LogP contribution in [0.3, 0.4) is 0 Å². The van der Waals surface area contributed by atoms with Crippen LogP contribution in [-0.4, -0.2) is 37.5 Å². The zero-order valence-electron chi connectivity index (χ0n) is 15.7. The van der Waals surface area contributed by atoms with E-state index in [1.165, 1.54) is 13.2 Å². The number of benzene rings is 2. The van der Waals surface area contributed by atoms with Crippen molar-refractivity contribution in [3.05, 3.63) is 58.6 Å². The summed E-state index contributed by atoms with van der Waals surface area (Å²) in [7, 11) is 3.07. The van der Waals surface area contributed by atoms with Gasteiger partial charge in [-0.3, -0.25) is 9.79 Å². The predicted molar refractivity (Wildman–Crippen MR) is 117 cm³/mol. The zero-order chi connectivity index (χ0) is 19.9. The molecule has 0 amide bonds. The summed E-state index contributed by atoms with van der Waals surface area (Å²) in [6, 6.07) is 10.8. The van der Waals surface area contributed by atoms with Crippen LogP contribution in [0.25, 0.3) is 6.08 Å². The number of ether oxygens (including phenoxy) is 2. The molecule has 1 N–H and O–H groups in total. The number of nitrogens with zero attached hydrogens (tertiary/aromatic N) is 1. The Hall–Kier alpha value is -2.44. The van der Waals surface area contributed by atoms with E-state index in [2.05, 4.69) is 10.3 Å². The molecule has 0 aromatic heterocycles. The highest BCUT2D eigenvalue weighted by Gasteiger charge is 2.10. The molecule has 0 radical (unpaired) electrons. The molecule has 2 aromatic carbocycles. The van der Waals surface area contributed by atoms with Gasteiger partial charge in [0.15, 0.2) is 22.4 Å². The van der Waals surface area contributed by atoms with Gasteiger partial charge in [0.25, 0.3) is 0 Å². The van der Waals surface area contributed by atoms with E-state index in [0.717, 1.165) is 35.1 Å². The van der Waals surface area contributed by atoms with Crippen LogP contribution in [-0.2, 0) is 0 Å². The Balaban J connectivity index is 1.69. The summed E-state index contributed by atoms with van der Waals surface area (Å²) in [5.41, 5.74) is 2.27. The van der Waals surface area contributed by atoms with Gasteiger partial charge in [-0.25, -0.2) is 0 Å². The predicted octanol–water partition coefficient (Wildman–Crippen LogP) is 5.16. The third kappa shape index (κ3) is 5.09. The van der Waals surface area contributed by atoms with Gasteiger partial charge in [-0.15, -0.1) is 0 Å². The van der Waals surface area contributed by atoms with Crippen molar-refractivity contribution in [2.75, 3.05) is 31.8 Å².